The van der Waals surface area contributed by atoms with Crippen molar-refractivity contribution >= 4 is 21.7 Å². The highest BCUT2D eigenvalue weighted by molar-refractivity contribution is 9.10. The number of aliphatic hydroxyl groups excluding tert-OH is 1. The van der Waals surface area contributed by atoms with Gasteiger partial charge in [-0.3, -0.25) is 0 Å². The second-order valence-corrected chi connectivity index (χ2v) is 5.14. The van der Waals surface area contributed by atoms with Gasteiger partial charge in [0, 0.05) is 16.2 Å². The SMILES string of the molecule is Cc1cc(C(O)c2cccnc2N)cc(C)c1Br. The van der Waals surface area contributed by atoms with E-state index in [9.17, 15) is 5.11 Å². The molecule has 18 heavy (non-hydrogen) atoms. The molecule has 1 heterocycles. The van der Waals surface area contributed by atoms with Gasteiger partial charge >= 0.3 is 0 Å². The van der Waals surface area contributed by atoms with Crippen LogP contribution in [-0.4, -0.2) is 10.1 Å². The zero-order valence-electron chi connectivity index (χ0n) is 10.3. The number of hydrogen-bond acceptors (Lipinski definition) is 3. The smallest absolute Gasteiger partial charge is 0.129 e. The van der Waals surface area contributed by atoms with Crippen LogP contribution >= 0.6 is 15.9 Å². The summed E-state index contributed by atoms with van der Waals surface area (Å²) < 4.78 is 1.07. The lowest BCUT2D eigenvalue weighted by Crippen LogP contribution is -2.06. The molecule has 0 fully saturated rings. The maximum Gasteiger partial charge on any atom is 0.129 e. The molecule has 2 rings (SSSR count). The van der Waals surface area contributed by atoms with E-state index in [1.54, 1.807) is 18.3 Å². The Labute approximate surface area is 115 Å². The summed E-state index contributed by atoms with van der Waals surface area (Å²) in [4.78, 5) is 4.00. The van der Waals surface area contributed by atoms with Crippen LogP contribution in [0.3, 0.4) is 0 Å². The fraction of sp³-hybridized carbons (Fsp3) is 0.214. The summed E-state index contributed by atoms with van der Waals surface area (Å²) >= 11 is 3.51. The van der Waals surface area contributed by atoms with Gasteiger partial charge in [-0.05, 0) is 36.6 Å². The Morgan fingerprint density at radius 3 is 2.44 bits per heavy atom. The van der Waals surface area contributed by atoms with Crippen molar-refractivity contribution in [2.24, 2.45) is 0 Å². The molecule has 0 amide bonds. The van der Waals surface area contributed by atoms with Crippen LogP contribution < -0.4 is 5.73 Å². The molecule has 0 spiro atoms. The Hall–Kier alpha value is -1.39. The third kappa shape index (κ3) is 2.40. The molecule has 1 atom stereocenters. The third-order valence-electron chi connectivity index (χ3n) is 2.94. The van der Waals surface area contributed by atoms with E-state index < -0.39 is 6.10 Å². The Bertz CT molecular complexity index is 561. The lowest BCUT2D eigenvalue weighted by Gasteiger charge is -2.15. The van der Waals surface area contributed by atoms with E-state index in [2.05, 4.69) is 20.9 Å². The van der Waals surface area contributed by atoms with Crippen molar-refractivity contribution in [2.45, 2.75) is 20.0 Å². The van der Waals surface area contributed by atoms with Crippen molar-refractivity contribution in [3.05, 3.63) is 57.2 Å². The number of aromatic nitrogens is 1. The lowest BCUT2D eigenvalue weighted by molar-refractivity contribution is 0.220. The van der Waals surface area contributed by atoms with Crippen molar-refractivity contribution < 1.29 is 5.11 Å². The van der Waals surface area contributed by atoms with Crippen LogP contribution in [0.4, 0.5) is 5.82 Å². The summed E-state index contributed by atoms with van der Waals surface area (Å²) in [6.45, 7) is 4.00. The molecule has 0 radical (unpaired) electrons. The molecule has 0 saturated heterocycles. The van der Waals surface area contributed by atoms with E-state index in [1.807, 2.05) is 26.0 Å². The van der Waals surface area contributed by atoms with Crippen LogP contribution in [0.25, 0.3) is 0 Å². The summed E-state index contributed by atoms with van der Waals surface area (Å²) in [7, 11) is 0. The van der Waals surface area contributed by atoms with E-state index in [0.717, 1.165) is 21.2 Å². The predicted molar refractivity (Wildman–Crippen MR) is 76.3 cm³/mol. The van der Waals surface area contributed by atoms with Gasteiger partial charge in [-0.2, -0.15) is 0 Å². The molecule has 1 aromatic heterocycles. The third-order valence-corrected chi connectivity index (χ3v) is 4.19. The molecule has 1 unspecified atom stereocenters. The molecule has 1 aromatic carbocycles. The largest absolute Gasteiger partial charge is 0.384 e. The number of aliphatic hydroxyl groups is 1. The number of aryl methyl sites for hydroxylation is 2. The molecule has 3 N–H and O–H groups in total. The summed E-state index contributed by atoms with van der Waals surface area (Å²) in [5, 5.41) is 10.4. The average molecular weight is 307 g/mol. The van der Waals surface area contributed by atoms with Crippen molar-refractivity contribution in [3.8, 4) is 0 Å². The first-order valence-electron chi connectivity index (χ1n) is 5.66. The van der Waals surface area contributed by atoms with Crippen LogP contribution in [-0.2, 0) is 0 Å². The van der Waals surface area contributed by atoms with Crippen LogP contribution in [0.2, 0.25) is 0 Å². The van der Waals surface area contributed by atoms with E-state index >= 15 is 0 Å². The summed E-state index contributed by atoms with van der Waals surface area (Å²) in [6, 6.07) is 7.47. The average Bonchev–Trinajstić information content (AvgIpc) is 2.35. The highest BCUT2D eigenvalue weighted by Crippen LogP contribution is 2.30. The molecule has 94 valence electrons. The Morgan fingerprint density at radius 2 is 1.89 bits per heavy atom. The van der Waals surface area contributed by atoms with Gasteiger partial charge in [0.15, 0.2) is 0 Å². The Kier molecular flexibility index (Phi) is 3.68. The minimum Gasteiger partial charge on any atom is -0.384 e. The van der Waals surface area contributed by atoms with Crippen molar-refractivity contribution in [2.75, 3.05) is 5.73 Å². The summed E-state index contributed by atoms with van der Waals surface area (Å²) in [5.41, 5.74) is 9.43. The number of halogens is 1. The van der Waals surface area contributed by atoms with Gasteiger partial charge in [-0.25, -0.2) is 4.98 Å². The lowest BCUT2D eigenvalue weighted by atomic mass is 9.98. The van der Waals surface area contributed by atoms with Crippen LogP contribution in [0.5, 0.6) is 0 Å². The maximum absolute atomic E-state index is 10.4. The number of hydrogen-bond donors (Lipinski definition) is 2. The molecule has 2 aromatic rings. The van der Waals surface area contributed by atoms with Crippen molar-refractivity contribution in [1.82, 2.24) is 4.98 Å². The molecule has 0 bridgehead atoms. The van der Waals surface area contributed by atoms with Gasteiger partial charge in [0.2, 0.25) is 0 Å². The molecule has 0 aliphatic carbocycles. The standard InChI is InChI=1S/C14H15BrN2O/c1-8-6-10(7-9(2)12(8)15)13(18)11-4-3-5-17-14(11)16/h3-7,13,18H,1-2H3,(H2,16,17). The highest BCUT2D eigenvalue weighted by Gasteiger charge is 2.15. The van der Waals surface area contributed by atoms with E-state index in [1.165, 1.54) is 0 Å². The second kappa shape index (κ2) is 5.08. The van der Waals surface area contributed by atoms with Crippen LogP contribution in [0.1, 0.15) is 28.4 Å². The molecule has 4 heteroatoms. The van der Waals surface area contributed by atoms with Crippen LogP contribution in [0, 0.1) is 13.8 Å². The number of anilines is 1. The fourth-order valence-electron chi connectivity index (χ4n) is 1.98. The zero-order valence-corrected chi connectivity index (χ0v) is 11.9. The Morgan fingerprint density at radius 1 is 1.28 bits per heavy atom. The van der Waals surface area contributed by atoms with E-state index in [-0.39, 0.29) is 0 Å². The first-order valence-corrected chi connectivity index (χ1v) is 6.45. The van der Waals surface area contributed by atoms with Gasteiger partial charge < -0.3 is 10.8 Å². The van der Waals surface area contributed by atoms with Crippen molar-refractivity contribution in [3.63, 3.8) is 0 Å². The quantitative estimate of drug-likeness (QED) is 0.896. The number of nitrogens with zero attached hydrogens (tertiary/aromatic N) is 1. The monoisotopic (exact) mass is 306 g/mol. The second-order valence-electron chi connectivity index (χ2n) is 4.35. The first kappa shape index (κ1) is 13.1. The van der Waals surface area contributed by atoms with Gasteiger partial charge in [-0.15, -0.1) is 0 Å². The number of nitrogen functional groups attached to an aromatic ring is 1. The number of nitrogens with two attached hydrogens (primary N) is 1. The number of rotatable bonds is 2. The molecule has 0 saturated carbocycles. The number of pyridine rings is 1. The van der Waals surface area contributed by atoms with Crippen LogP contribution in [0.15, 0.2) is 34.9 Å². The van der Waals surface area contributed by atoms with Gasteiger partial charge in [0.05, 0.1) is 0 Å². The summed E-state index contributed by atoms with van der Waals surface area (Å²) in [6.07, 6.45) is 0.869. The van der Waals surface area contributed by atoms with Gasteiger partial charge in [0.25, 0.3) is 0 Å². The minimum atomic E-state index is -0.746. The van der Waals surface area contributed by atoms with E-state index in [4.69, 9.17) is 5.73 Å². The molecule has 0 aliphatic heterocycles. The molecular formula is C14H15BrN2O. The van der Waals surface area contributed by atoms with Crippen molar-refractivity contribution in [1.29, 1.82) is 0 Å². The normalized spacial score (nSPS) is 12.4. The fourth-order valence-corrected chi connectivity index (χ4v) is 2.21. The molecular weight excluding hydrogens is 292 g/mol. The predicted octanol–water partition coefficient (Wildman–Crippen LogP) is 3.12. The first-order chi connectivity index (χ1) is 8.50. The van der Waals surface area contributed by atoms with Gasteiger partial charge in [-0.1, -0.05) is 34.1 Å². The molecule has 3 nitrogen and oxygen atoms in total. The van der Waals surface area contributed by atoms with E-state index in [0.29, 0.717) is 11.4 Å². The highest BCUT2D eigenvalue weighted by atomic mass is 79.9. The van der Waals surface area contributed by atoms with Gasteiger partial charge in [0.1, 0.15) is 11.9 Å². The summed E-state index contributed by atoms with van der Waals surface area (Å²) in [5.74, 6) is 0.364. The Balaban J connectivity index is 2.47. The number of benzene rings is 1. The zero-order chi connectivity index (χ0) is 13.3. The topological polar surface area (TPSA) is 59.1 Å². The maximum atomic E-state index is 10.4. The minimum absolute atomic E-state index is 0.364. The molecule has 0 aliphatic rings.